The number of carbonyl (C=O) groups excluding carboxylic acids is 1. The summed E-state index contributed by atoms with van der Waals surface area (Å²) in [5.74, 6) is 0.847. The molecule has 0 aromatic heterocycles. The van der Waals surface area contributed by atoms with Gasteiger partial charge in [-0.2, -0.15) is 11.8 Å². The molecule has 1 heterocycles. The molecule has 0 saturated carbocycles. The quantitative estimate of drug-likeness (QED) is 0.659. The Morgan fingerprint density at radius 2 is 2.17 bits per heavy atom. The van der Waals surface area contributed by atoms with Crippen molar-refractivity contribution in [1.82, 2.24) is 5.32 Å². The Morgan fingerprint density at radius 1 is 1.50 bits per heavy atom. The van der Waals surface area contributed by atoms with E-state index in [0.29, 0.717) is 0 Å². The third kappa shape index (κ3) is 5.16. The van der Waals surface area contributed by atoms with Crippen LogP contribution in [-0.4, -0.2) is 42.2 Å². The van der Waals surface area contributed by atoms with E-state index >= 15 is 0 Å². The first kappa shape index (κ1) is 15.8. The van der Waals surface area contributed by atoms with Crippen molar-refractivity contribution in [3.63, 3.8) is 0 Å². The molecule has 1 rings (SSSR count). The SMILES string of the molecule is CCNC(C)(CCCSC1CCOCC1)C(N)=O. The van der Waals surface area contributed by atoms with Gasteiger partial charge < -0.3 is 15.8 Å². The van der Waals surface area contributed by atoms with Gasteiger partial charge in [-0.15, -0.1) is 0 Å². The molecule has 0 aliphatic carbocycles. The highest BCUT2D eigenvalue weighted by molar-refractivity contribution is 7.99. The molecule has 18 heavy (non-hydrogen) atoms. The summed E-state index contributed by atoms with van der Waals surface area (Å²) < 4.78 is 5.34. The molecule has 0 radical (unpaired) electrons. The number of hydrogen-bond donors (Lipinski definition) is 2. The number of amides is 1. The van der Waals surface area contributed by atoms with Gasteiger partial charge in [0, 0.05) is 18.5 Å². The normalized spacial score (nSPS) is 20.6. The molecule has 1 unspecified atom stereocenters. The summed E-state index contributed by atoms with van der Waals surface area (Å²) in [5.41, 5.74) is 4.91. The molecule has 1 fully saturated rings. The number of hydrogen-bond acceptors (Lipinski definition) is 4. The first-order chi connectivity index (χ1) is 8.58. The second-order valence-corrected chi connectivity index (χ2v) is 6.42. The summed E-state index contributed by atoms with van der Waals surface area (Å²) in [4.78, 5) is 11.4. The number of nitrogens with two attached hydrogens (primary N) is 1. The van der Waals surface area contributed by atoms with E-state index in [1.807, 2.05) is 25.6 Å². The fraction of sp³-hybridized carbons (Fsp3) is 0.923. The Labute approximate surface area is 114 Å². The van der Waals surface area contributed by atoms with Gasteiger partial charge in [-0.1, -0.05) is 6.92 Å². The molecule has 0 aromatic carbocycles. The van der Waals surface area contributed by atoms with Gasteiger partial charge in [-0.25, -0.2) is 0 Å². The van der Waals surface area contributed by atoms with Crippen LogP contribution >= 0.6 is 11.8 Å². The van der Waals surface area contributed by atoms with Crippen molar-refractivity contribution < 1.29 is 9.53 Å². The summed E-state index contributed by atoms with van der Waals surface area (Å²) in [5, 5.41) is 3.93. The highest BCUT2D eigenvalue weighted by Crippen LogP contribution is 2.24. The van der Waals surface area contributed by atoms with Crippen LogP contribution in [0.15, 0.2) is 0 Å². The molecule has 0 aromatic rings. The molecule has 1 atom stereocenters. The average molecular weight is 274 g/mol. The molecular formula is C13H26N2O2S. The predicted molar refractivity (Wildman–Crippen MR) is 76.8 cm³/mol. The Hall–Kier alpha value is -0.260. The van der Waals surface area contributed by atoms with Crippen molar-refractivity contribution in [2.75, 3.05) is 25.5 Å². The molecule has 1 aliphatic heterocycles. The second kappa shape index (κ2) is 8.02. The third-order valence-corrected chi connectivity index (χ3v) is 4.92. The van der Waals surface area contributed by atoms with Crippen molar-refractivity contribution in [2.45, 2.75) is 50.3 Å². The fourth-order valence-electron chi connectivity index (χ4n) is 2.21. The van der Waals surface area contributed by atoms with Crippen LogP contribution in [-0.2, 0) is 9.53 Å². The Bertz CT molecular complexity index is 257. The van der Waals surface area contributed by atoms with Crippen LogP contribution in [0, 0.1) is 0 Å². The number of primary amides is 1. The molecule has 1 aliphatic rings. The number of likely N-dealkylation sites (N-methyl/N-ethyl adjacent to an activating group) is 1. The summed E-state index contributed by atoms with van der Waals surface area (Å²) in [6.07, 6.45) is 4.15. The minimum atomic E-state index is -0.551. The van der Waals surface area contributed by atoms with E-state index in [-0.39, 0.29) is 5.91 Å². The molecular weight excluding hydrogens is 248 g/mol. The zero-order chi connectivity index (χ0) is 13.4. The van der Waals surface area contributed by atoms with E-state index in [1.54, 1.807) is 0 Å². The van der Waals surface area contributed by atoms with Gasteiger partial charge >= 0.3 is 0 Å². The van der Waals surface area contributed by atoms with Gasteiger partial charge in [0.25, 0.3) is 0 Å². The summed E-state index contributed by atoms with van der Waals surface area (Å²) >= 11 is 2.01. The van der Waals surface area contributed by atoms with Crippen molar-refractivity contribution in [3.05, 3.63) is 0 Å². The molecule has 0 spiro atoms. The van der Waals surface area contributed by atoms with Crippen LogP contribution < -0.4 is 11.1 Å². The Morgan fingerprint density at radius 3 is 2.72 bits per heavy atom. The van der Waals surface area contributed by atoms with Crippen molar-refractivity contribution in [3.8, 4) is 0 Å². The van der Waals surface area contributed by atoms with Crippen LogP contribution in [0.2, 0.25) is 0 Å². The monoisotopic (exact) mass is 274 g/mol. The molecule has 1 amide bonds. The number of thioether (sulfide) groups is 1. The second-order valence-electron chi connectivity index (χ2n) is 5.01. The first-order valence-corrected chi connectivity index (χ1v) is 7.87. The minimum Gasteiger partial charge on any atom is -0.381 e. The number of ether oxygens (including phenoxy) is 1. The predicted octanol–water partition coefficient (Wildman–Crippen LogP) is 1.53. The molecule has 4 nitrogen and oxygen atoms in total. The topological polar surface area (TPSA) is 64.3 Å². The van der Waals surface area contributed by atoms with E-state index < -0.39 is 5.54 Å². The molecule has 1 saturated heterocycles. The van der Waals surface area contributed by atoms with Gasteiger partial charge in [0.1, 0.15) is 0 Å². The van der Waals surface area contributed by atoms with Crippen LogP contribution in [0.3, 0.4) is 0 Å². The lowest BCUT2D eigenvalue weighted by molar-refractivity contribution is -0.124. The van der Waals surface area contributed by atoms with Gasteiger partial charge in [0.15, 0.2) is 0 Å². The number of carbonyl (C=O) groups is 1. The van der Waals surface area contributed by atoms with E-state index in [0.717, 1.165) is 56.4 Å². The maximum absolute atomic E-state index is 11.4. The molecule has 3 N–H and O–H groups in total. The summed E-state index contributed by atoms with van der Waals surface area (Å²) in [7, 11) is 0. The zero-order valence-corrected chi connectivity index (χ0v) is 12.4. The fourth-order valence-corrected chi connectivity index (χ4v) is 3.38. The maximum Gasteiger partial charge on any atom is 0.237 e. The lowest BCUT2D eigenvalue weighted by Gasteiger charge is -2.27. The zero-order valence-electron chi connectivity index (χ0n) is 11.5. The van der Waals surface area contributed by atoms with Gasteiger partial charge in [0.05, 0.1) is 5.54 Å². The minimum absolute atomic E-state index is 0.250. The Balaban J connectivity index is 2.20. The van der Waals surface area contributed by atoms with Crippen molar-refractivity contribution in [2.24, 2.45) is 5.73 Å². The average Bonchev–Trinajstić information content (AvgIpc) is 2.36. The van der Waals surface area contributed by atoms with Gasteiger partial charge in [-0.05, 0) is 44.9 Å². The number of rotatable bonds is 8. The summed E-state index contributed by atoms with van der Waals surface area (Å²) in [6, 6.07) is 0. The van der Waals surface area contributed by atoms with E-state index in [1.165, 1.54) is 0 Å². The van der Waals surface area contributed by atoms with Crippen LogP contribution in [0.4, 0.5) is 0 Å². The lowest BCUT2D eigenvalue weighted by Crippen LogP contribution is -2.53. The van der Waals surface area contributed by atoms with Gasteiger partial charge in [0.2, 0.25) is 5.91 Å². The van der Waals surface area contributed by atoms with E-state index in [4.69, 9.17) is 10.5 Å². The molecule has 106 valence electrons. The van der Waals surface area contributed by atoms with Crippen molar-refractivity contribution >= 4 is 17.7 Å². The maximum atomic E-state index is 11.4. The largest absolute Gasteiger partial charge is 0.381 e. The smallest absolute Gasteiger partial charge is 0.237 e. The van der Waals surface area contributed by atoms with Crippen molar-refractivity contribution in [1.29, 1.82) is 0 Å². The highest BCUT2D eigenvalue weighted by atomic mass is 32.2. The number of nitrogens with one attached hydrogen (secondary N) is 1. The lowest BCUT2D eigenvalue weighted by atomic mass is 9.95. The van der Waals surface area contributed by atoms with E-state index in [2.05, 4.69) is 5.32 Å². The van der Waals surface area contributed by atoms with Crippen LogP contribution in [0.25, 0.3) is 0 Å². The van der Waals surface area contributed by atoms with Crippen LogP contribution in [0.5, 0.6) is 0 Å². The summed E-state index contributed by atoms with van der Waals surface area (Å²) in [6.45, 7) is 6.46. The molecule has 0 bridgehead atoms. The standard InChI is InChI=1S/C13H26N2O2S/c1-3-15-13(2,12(14)16)7-4-10-18-11-5-8-17-9-6-11/h11,15H,3-10H2,1-2H3,(H2,14,16). The highest BCUT2D eigenvalue weighted by Gasteiger charge is 2.29. The third-order valence-electron chi connectivity index (χ3n) is 3.45. The van der Waals surface area contributed by atoms with Crippen LogP contribution in [0.1, 0.15) is 39.5 Å². The first-order valence-electron chi connectivity index (χ1n) is 6.83. The Kier molecular flexibility index (Phi) is 7.04. The molecule has 5 heteroatoms. The van der Waals surface area contributed by atoms with Gasteiger partial charge in [-0.3, -0.25) is 4.79 Å². The van der Waals surface area contributed by atoms with E-state index in [9.17, 15) is 4.79 Å².